The summed E-state index contributed by atoms with van der Waals surface area (Å²) in [6.07, 6.45) is 2.85. The standard InChI is InChI=1S/C11H14N2/c1-7(2)10-5-9-4-8(3)13-11(9)6-12-10/h5-7,13H,3-4H2,1-2H3. The van der Waals surface area contributed by atoms with E-state index in [1.54, 1.807) is 0 Å². The molecule has 0 saturated heterocycles. The number of nitrogens with zero attached hydrogens (tertiary/aromatic N) is 1. The summed E-state index contributed by atoms with van der Waals surface area (Å²) in [5, 5.41) is 3.21. The predicted octanol–water partition coefficient (Wildman–Crippen LogP) is 2.69. The third-order valence-corrected chi connectivity index (χ3v) is 2.32. The molecular weight excluding hydrogens is 160 g/mol. The van der Waals surface area contributed by atoms with Crippen LogP contribution >= 0.6 is 0 Å². The second-order valence-electron chi connectivity index (χ2n) is 3.83. The molecule has 0 saturated carbocycles. The van der Waals surface area contributed by atoms with Crippen LogP contribution in [0.2, 0.25) is 0 Å². The van der Waals surface area contributed by atoms with Gasteiger partial charge in [0.25, 0.3) is 0 Å². The van der Waals surface area contributed by atoms with E-state index in [0.717, 1.165) is 23.5 Å². The molecule has 1 N–H and O–H groups in total. The highest BCUT2D eigenvalue weighted by Gasteiger charge is 2.14. The van der Waals surface area contributed by atoms with Crippen LogP contribution in [0.3, 0.4) is 0 Å². The number of allylic oxidation sites excluding steroid dienone is 1. The number of nitrogens with one attached hydrogen (secondary N) is 1. The first-order valence-corrected chi connectivity index (χ1v) is 4.60. The van der Waals surface area contributed by atoms with Gasteiger partial charge in [-0.05, 0) is 17.5 Å². The molecule has 0 amide bonds. The summed E-state index contributed by atoms with van der Waals surface area (Å²) < 4.78 is 0. The summed E-state index contributed by atoms with van der Waals surface area (Å²) in [6, 6.07) is 2.17. The Labute approximate surface area is 78.7 Å². The van der Waals surface area contributed by atoms with Crippen LogP contribution in [0.25, 0.3) is 0 Å². The molecule has 0 spiro atoms. The molecule has 0 unspecified atom stereocenters. The summed E-state index contributed by atoms with van der Waals surface area (Å²) in [6.45, 7) is 8.22. The van der Waals surface area contributed by atoms with E-state index in [-0.39, 0.29) is 0 Å². The van der Waals surface area contributed by atoms with Crippen LogP contribution in [0.5, 0.6) is 0 Å². The van der Waals surface area contributed by atoms with Gasteiger partial charge in [0.2, 0.25) is 0 Å². The second kappa shape index (κ2) is 2.87. The van der Waals surface area contributed by atoms with E-state index in [1.165, 1.54) is 5.56 Å². The Morgan fingerprint density at radius 3 is 3.00 bits per heavy atom. The van der Waals surface area contributed by atoms with Crippen molar-refractivity contribution in [1.82, 2.24) is 4.98 Å². The van der Waals surface area contributed by atoms with E-state index in [4.69, 9.17) is 0 Å². The highest BCUT2D eigenvalue weighted by atomic mass is 14.9. The minimum Gasteiger partial charge on any atom is -0.358 e. The van der Waals surface area contributed by atoms with Crippen molar-refractivity contribution in [3.63, 3.8) is 0 Å². The monoisotopic (exact) mass is 174 g/mol. The SMILES string of the molecule is C=C1Cc2cc(C(C)C)ncc2N1. The Morgan fingerprint density at radius 2 is 2.31 bits per heavy atom. The Balaban J connectivity index is 2.40. The van der Waals surface area contributed by atoms with Gasteiger partial charge in [-0.15, -0.1) is 0 Å². The molecule has 0 atom stereocenters. The number of hydrogen-bond acceptors (Lipinski definition) is 2. The Morgan fingerprint density at radius 1 is 1.54 bits per heavy atom. The molecule has 0 aromatic carbocycles. The minimum atomic E-state index is 0.499. The molecule has 1 aliphatic heterocycles. The molecule has 0 aliphatic carbocycles. The van der Waals surface area contributed by atoms with E-state index in [1.807, 2.05) is 6.20 Å². The summed E-state index contributed by atoms with van der Waals surface area (Å²) in [4.78, 5) is 4.38. The molecule has 2 nitrogen and oxygen atoms in total. The molecule has 0 bridgehead atoms. The highest BCUT2D eigenvalue weighted by Crippen LogP contribution is 2.28. The molecule has 1 aliphatic rings. The normalized spacial score (nSPS) is 14.5. The summed E-state index contributed by atoms with van der Waals surface area (Å²) in [5.41, 5.74) is 4.67. The number of hydrogen-bond donors (Lipinski definition) is 1. The van der Waals surface area contributed by atoms with Gasteiger partial charge >= 0.3 is 0 Å². The summed E-state index contributed by atoms with van der Waals surface area (Å²) in [5.74, 6) is 0.499. The van der Waals surface area contributed by atoms with E-state index >= 15 is 0 Å². The Bertz CT molecular complexity index is 353. The van der Waals surface area contributed by atoms with Gasteiger partial charge in [0.1, 0.15) is 0 Å². The minimum absolute atomic E-state index is 0.499. The molecule has 0 fully saturated rings. The molecule has 2 rings (SSSR count). The van der Waals surface area contributed by atoms with E-state index in [9.17, 15) is 0 Å². The van der Waals surface area contributed by atoms with Crippen molar-refractivity contribution in [3.05, 3.63) is 35.8 Å². The zero-order valence-electron chi connectivity index (χ0n) is 8.09. The lowest BCUT2D eigenvalue weighted by Gasteiger charge is -2.05. The van der Waals surface area contributed by atoms with Crippen molar-refractivity contribution < 1.29 is 0 Å². The van der Waals surface area contributed by atoms with Crippen molar-refractivity contribution >= 4 is 5.69 Å². The van der Waals surface area contributed by atoms with E-state index < -0.39 is 0 Å². The Kier molecular flexibility index (Phi) is 1.83. The van der Waals surface area contributed by atoms with Crippen LogP contribution in [-0.4, -0.2) is 4.98 Å². The smallest absolute Gasteiger partial charge is 0.0604 e. The number of pyridine rings is 1. The fourth-order valence-corrected chi connectivity index (χ4v) is 1.55. The topological polar surface area (TPSA) is 24.9 Å². The van der Waals surface area contributed by atoms with E-state index in [0.29, 0.717) is 5.92 Å². The molecule has 2 heterocycles. The Hall–Kier alpha value is -1.31. The maximum Gasteiger partial charge on any atom is 0.0604 e. The quantitative estimate of drug-likeness (QED) is 0.708. The van der Waals surface area contributed by atoms with Crippen molar-refractivity contribution in [2.24, 2.45) is 0 Å². The van der Waals surface area contributed by atoms with Gasteiger partial charge in [0.15, 0.2) is 0 Å². The van der Waals surface area contributed by atoms with Gasteiger partial charge in [-0.25, -0.2) is 0 Å². The van der Waals surface area contributed by atoms with Gasteiger partial charge in [0, 0.05) is 17.8 Å². The van der Waals surface area contributed by atoms with Crippen molar-refractivity contribution in [2.45, 2.75) is 26.2 Å². The third-order valence-electron chi connectivity index (χ3n) is 2.32. The van der Waals surface area contributed by atoms with E-state index in [2.05, 4.69) is 36.8 Å². The summed E-state index contributed by atoms with van der Waals surface area (Å²) in [7, 11) is 0. The zero-order chi connectivity index (χ0) is 9.42. The average molecular weight is 174 g/mol. The molecule has 1 aromatic rings. The molecule has 13 heavy (non-hydrogen) atoms. The van der Waals surface area contributed by atoms with Crippen molar-refractivity contribution in [3.8, 4) is 0 Å². The van der Waals surface area contributed by atoms with Crippen LogP contribution < -0.4 is 5.32 Å². The lowest BCUT2D eigenvalue weighted by Crippen LogP contribution is -1.93. The first-order valence-electron chi connectivity index (χ1n) is 4.60. The first-order chi connectivity index (χ1) is 6.16. The van der Waals surface area contributed by atoms with Gasteiger partial charge in [-0.1, -0.05) is 20.4 Å². The fourth-order valence-electron chi connectivity index (χ4n) is 1.55. The third kappa shape index (κ3) is 1.44. The number of fused-ring (bicyclic) bond motifs is 1. The van der Waals surface area contributed by atoms with Crippen LogP contribution in [0, 0.1) is 0 Å². The maximum absolute atomic E-state index is 4.38. The lowest BCUT2D eigenvalue weighted by molar-refractivity contribution is 0.821. The van der Waals surface area contributed by atoms with Gasteiger partial charge in [0.05, 0.1) is 11.9 Å². The predicted molar refractivity (Wildman–Crippen MR) is 54.8 cm³/mol. The van der Waals surface area contributed by atoms with Crippen LogP contribution in [-0.2, 0) is 6.42 Å². The summed E-state index contributed by atoms with van der Waals surface area (Å²) >= 11 is 0. The largest absolute Gasteiger partial charge is 0.358 e. The first kappa shape index (κ1) is 8.30. The van der Waals surface area contributed by atoms with Gasteiger partial charge in [-0.3, -0.25) is 4.98 Å². The van der Waals surface area contributed by atoms with Crippen LogP contribution in [0.4, 0.5) is 5.69 Å². The van der Waals surface area contributed by atoms with Crippen LogP contribution in [0.15, 0.2) is 24.5 Å². The number of rotatable bonds is 1. The molecule has 68 valence electrons. The molecule has 2 heteroatoms. The number of anilines is 1. The maximum atomic E-state index is 4.38. The zero-order valence-corrected chi connectivity index (χ0v) is 8.09. The fraction of sp³-hybridized carbons (Fsp3) is 0.364. The molecular formula is C11H14N2. The van der Waals surface area contributed by atoms with Crippen LogP contribution in [0.1, 0.15) is 31.0 Å². The molecule has 0 radical (unpaired) electrons. The van der Waals surface area contributed by atoms with Crippen molar-refractivity contribution in [1.29, 1.82) is 0 Å². The lowest BCUT2D eigenvalue weighted by atomic mass is 10.1. The molecule has 1 aromatic heterocycles. The van der Waals surface area contributed by atoms with Gasteiger partial charge in [-0.2, -0.15) is 0 Å². The van der Waals surface area contributed by atoms with Gasteiger partial charge < -0.3 is 5.32 Å². The highest BCUT2D eigenvalue weighted by molar-refractivity contribution is 5.60. The second-order valence-corrected chi connectivity index (χ2v) is 3.83. The average Bonchev–Trinajstić information content (AvgIpc) is 2.42. The van der Waals surface area contributed by atoms with Crippen molar-refractivity contribution in [2.75, 3.05) is 5.32 Å². The number of aromatic nitrogens is 1.